The van der Waals surface area contributed by atoms with E-state index in [-0.39, 0.29) is 22.3 Å². The first-order valence-corrected chi connectivity index (χ1v) is 8.54. The van der Waals surface area contributed by atoms with Gasteiger partial charge in [0.1, 0.15) is 0 Å². The Hall–Kier alpha value is -1.15. The lowest BCUT2D eigenvalue weighted by molar-refractivity contribution is 0.281. The lowest BCUT2D eigenvalue weighted by Gasteiger charge is -2.13. The Morgan fingerprint density at radius 3 is 2.76 bits per heavy atom. The molecule has 0 bridgehead atoms. The van der Waals surface area contributed by atoms with Gasteiger partial charge in [-0.15, -0.1) is 0 Å². The first-order valence-electron chi connectivity index (χ1n) is 5.88. The zero-order valence-electron chi connectivity index (χ0n) is 11.0. The SMILES string of the molecule is Cc1c(Br)cc(CO)cc1S(=O)(=O)Nc1ncccc1Cl. The van der Waals surface area contributed by atoms with E-state index in [2.05, 4.69) is 25.6 Å². The quantitative estimate of drug-likeness (QED) is 0.839. The minimum atomic E-state index is -3.86. The van der Waals surface area contributed by atoms with Gasteiger partial charge in [-0.2, -0.15) is 0 Å². The molecule has 21 heavy (non-hydrogen) atoms. The molecular weight excluding hydrogens is 380 g/mol. The van der Waals surface area contributed by atoms with Gasteiger partial charge in [-0.25, -0.2) is 13.4 Å². The third-order valence-corrected chi connectivity index (χ3v) is 5.41. The van der Waals surface area contributed by atoms with Gasteiger partial charge in [0.2, 0.25) is 0 Å². The van der Waals surface area contributed by atoms with E-state index < -0.39 is 10.0 Å². The molecule has 0 aliphatic carbocycles. The van der Waals surface area contributed by atoms with Crippen LogP contribution in [0.4, 0.5) is 5.82 Å². The summed E-state index contributed by atoms with van der Waals surface area (Å²) in [5.74, 6) is 0.0593. The number of rotatable bonds is 4. The monoisotopic (exact) mass is 390 g/mol. The molecule has 112 valence electrons. The van der Waals surface area contributed by atoms with E-state index in [9.17, 15) is 13.5 Å². The second-order valence-electron chi connectivity index (χ2n) is 4.30. The summed E-state index contributed by atoms with van der Waals surface area (Å²) in [6.07, 6.45) is 1.44. The average molecular weight is 392 g/mol. The van der Waals surface area contributed by atoms with E-state index in [1.807, 2.05) is 0 Å². The van der Waals surface area contributed by atoms with Crippen LogP contribution >= 0.6 is 27.5 Å². The molecule has 0 aliphatic rings. The summed E-state index contributed by atoms with van der Waals surface area (Å²) < 4.78 is 27.9. The average Bonchev–Trinajstić information content (AvgIpc) is 2.43. The predicted octanol–water partition coefficient (Wildman–Crippen LogP) is 3.10. The highest BCUT2D eigenvalue weighted by Crippen LogP contribution is 2.28. The third kappa shape index (κ3) is 3.55. The highest BCUT2D eigenvalue weighted by molar-refractivity contribution is 9.10. The molecule has 5 nitrogen and oxygen atoms in total. The minimum Gasteiger partial charge on any atom is -0.392 e. The van der Waals surface area contributed by atoms with Gasteiger partial charge in [0.25, 0.3) is 10.0 Å². The van der Waals surface area contributed by atoms with Crippen molar-refractivity contribution >= 4 is 43.4 Å². The normalized spacial score (nSPS) is 11.4. The molecule has 0 radical (unpaired) electrons. The molecule has 0 unspecified atom stereocenters. The van der Waals surface area contributed by atoms with E-state index in [4.69, 9.17) is 11.6 Å². The van der Waals surface area contributed by atoms with E-state index in [0.29, 0.717) is 15.6 Å². The van der Waals surface area contributed by atoms with Gasteiger partial charge in [-0.3, -0.25) is 4.72 Å². The Bertz CT molecular complexity index is 781. The number of anilines is 1. The number of aliphatic hydroxyl groups is 1. The second-order valence-corrected chi connectivity index (χ2v) is 7.21. The van der Waals surface area contributed by atoms with Crippen molar-refractivity contribution in [3.8, 4) is 0 Å². The van der Waals surface area contributed by atoms with Crippen molar-refractivity contribution in [1.82, 2.24) is 4.98 Å². The number of nitrogens with one attached hydrogen (secondary N) is 1. The lowest BCUT2D eigenvalue weighted by Crippen LogP contribution is -2.16. The van der Waals surface area contributed by atoms with Gasteiger partial charge >= 0.3 is 0 Å². The van der Waals surface area contributed by atoms with Crippen LogP contribution in [0.15, 0.2) is 39.8 Å². The molecule has 1 aromatic carbocycles. The topological polar surface area (TPSA) is 79.3 Å². The van der Waals surface area contributed by atoms with E-state index in [0.717, 1.165) is 0 Å². The number of aliphatic hydroxyl groups excluding tert-OH is 1. The van der Waals surface area contributed by atoms with Crippen molar-refractivity contribution in [1.29, 1.82) is 0 Å². The summed E-state index contributed by atoms with van der Waals surface area (Å²) in [7, 11) is -3.86. The van der Waals surface area contributed by atoms with Crippen molar-refractivity contribution < 1.29 is 13.5 Å². The van der Waals surface area contributed by atoms with Crippen LogP contribution in [-0.4, -0.2) is 18.5 Å². The molecule has 0 atom stereocenters. The van der Waals surface area contributed by atoms with Crippen molar-refractivity contribution in [3.63, 3.8) is 0 Å². The van der Waals surface area contributed by atoms with Crippen LogP contribution in [0.2, 0.25) is 5.02 Å². The van der Waals surface area contributed by atoms with E-state index in [1.165, 1.54) is 12.3 Å². The third-order valence-electron chi connectivity index (χ3n) is 2.82. The molecule has 0 spiro atoms. The zero-order chi connectivity index (χ0) is 15.6. The summed E-state index contributed by atoms with van der Waals surface area (Å²) >= 11 is 9.19. The summed E-state index contributed by atoms with van der Waals surface area (Å²) in [4.78, 5) is 3.96. The fraction of sp³-hybridized carbons (Fsp3) is 0.154. The number of nitrogens with zero attached hydrogens (tertiary/aromatic N) is 1. The number of sulfonamides is 1. The van der Waals surface area contributed by atoms with Gasteiger partial charge < -0.3 is 5.11 Å². The second kappa shape index (κ2) is 6.31. The van der Waals surface area contributed by atoms with Crippen LogP contribution in [-0.2, 0) is 16.6 Å². The molecule has 1 aromatic heterocycles. The molecule has 8 heteroatoms. The first-order chi connectivity index (χ1) is 9.85. The van der Waals surface area contributed by atoms with Crippen LogP contribution < -0.4 is 4.72 Å². The molecule has 0 amide bonds. The molecule has 2 rings (SSSR count). The maximum absolute atomic E-state index is 12.5. The van der Waals surface area contributed by atoms with Crippen LogP contribution in [0, 0.1) is 6.92 Å². The number of pyridine rings is 1. The summed E-state index contributed by atoms with van der Waals surface area (Å²) in [5, 5.41) is 9.41. The van der Waals surface area contributed by atoms with Crippen LogP contribution in [0.3, 0.4) is 0 Å². The summed E-state index contributed by atoms with van der Waals surface area (Å²) in [6.45, 7) is 1.41. The van der Waals surface area contributed by atoms with Gasteiger partial charge in [-0.05, 0) is 42.3 Å². The van der Waals surface area contributed by atoms with Crippen LogP contribution in [0.5, 0.6) is 0 Å². The Labute approximate surface area is 136 Å². The van der Waals surface area contributed by atoms with Crippen LogP contribution in [0.1, 0.15) is 11.1 Å². The first kappa shape index (κ1) is 16.2. The van der Waals surface area contributed by atoms with Gasteiger partial charge in [0.05, 0.1) is 16.5 Å². The fourth-order valence-corrected chi connectivity index (χ4v) is 3.93. The van der Waals surface area contributed by atoms with Gasteiger partial charge in [-0.1, -0.05) is 27.5 Å². The van der Waals surface area contributed by atoms with Crippen molar-refractivity contribution in [2.24, 2.45) is 0 Å². The Balaban J connectivity index is 2.50. The van der Waals surface area contributed by atoms with Crippen molar-refractivity contribution in [2.45, 2.75) is 18.4 Å². The largest absolute Gasteiger partial charge is 0.392 e. The highest BCUT2D eigenvalue weighted by Gasteiger charge is 2.21. The zero-order valence-corrected chi connectivity index (χ0v) is 14.1. The van der Waals surface area contributed by atoms with E-state index >= 15 is 0 Å². The fourth-order valence-electron chi connectivity index (χ4n) is 1.72. The number of benzene rings is 1. The standard InChI is InChI=1S/C13H12BrClN2O3S/c1-8-10(14)5-9(7-18)6-12(8)21(19,20)17-13-11(15)3-2-4-16-13/h2-6,18H,7H2,1H3,(H,16,17). The Kier molecular flexibility index (Phi) is 4.88. The number of halogens is 2. The van der Waals surface area contributed by atoms with Crippen molar-refractivity contribution in [2.75, 3.05) is 4.72 Å². The number of hydrogen-bond acceptors (Lipinski definition) is 4. The molecule has 0 saturated carbocycles. The molecule has 0 fully saturated rings. The lowest BCUT2D eigenvalue weighted by atomic mass is 10.2. The molecular formula is C13H12BrClN2O3S. The number of aromatic nitrogens is 1. The Morgan fingerprint density at radius 1 is 1.43 bits per heavy atom. The molecule has 2 N–H and O–H groups in total. The van der Waals surface area contributed by atoms with Crippen molar-refractivity contribution in [3.05, 3.63) is 51.1 Å². The maximum atomic E-state index is 12.5. The van der Waals surface area contributed by atoms with E-state index in [1.54, 1.807) is 25.1 Å². The minimum absolute atomic E-state index is 0.0580. The molecule has 1 heterocycles. The number of hydrogen-bond donors (Lipinski definition) is 2. The Morgan fingerprint density at radius 2 is 2.14 bits per heavy atom. The highest BCUT2D eigenvalue weighted by atomic mass is 79.9. The summed E-state index contributed by atoms with van der Waals surface area (Å²) in [5.41, 5.74) is 1.02. The smallest absolute Gasteiger partial charge is 0.263 e. The summed E-state index contributed by atoms with van der Waals surface area (Å²) in [6, 6.07) is 6.23. The molecule has 0 aliphatic heterocycles. The van der Waals surface area contributed by atoms with Gasteiger partial charge in [0.15, 0.2) is 5.82 Å². The molecule has 2 aromatic rings. The van der Waals surface area contributed by atoms with Gasteiger partial charge in [0, 0.05) is 10.7 Å². The molecule has 0 saturated heterocycles. The van der Waals surface area contributed by atoms with Crippen LogP contribution in [0.25, 0.3) is 0 Å². The predicted molar refractivity (Wildman–Crippen MR) is 84.9 cm³/mol. The maximum Gasteiger partial charge on any atom is 0.263 e.